The van der Waals surface area contributed by atoms with E-state index < -0.39 is 0 Å². The molecule has 0 bridgehead atoms. The number of aromatic hydroxyl groups is 1. The second-order valence-electron chi connectivity index (χ2n) is 3.28. The van der Waals surface area contributed by atoms with Crippen LogP contribution in [-0.4, -0.2) is 16.6 Å². The standard InChI is InChI=1S/C10H13N3O/c11-4-3-6-5-13-8-2-1-7(12)10(14)9(6)8/h1-2,5,13-14H,3-4,11-12H2. The molecule has 14 heavy (non-hydrogen) atoms. The zero-order valence-electron chi connectivity index (χ0n) is 7.75. The van der Waals surface area contributed by atoms with E-state index in [-0.39, 0.29) is 5.75 Å². The fraction of sp³-hybridized carbons (Fsp3) is 0.200. The van der Waals surface area contributed by atoms with Gasteiger partial charge in [-0.05, 0) is 30.7 Å². The summed E-state index contributed by atoms with van der Waals surface area (Å²) in [4.78, 5) is 3.07. The molecule has 4 heteroatoms. The Labute approximate surface area is 81.5 Å². The monoisotopic (exact) mass is 191 g/mol. The smallest absolute Gasteiger partial charge is 0.148 e. The third-order valence-electron chi connectivity index (χ3n) is 2.35. The number of phenols is 1. The fourth-order valence-corrected chi connectivity index (χ4v) is 1.64. The maximum Gasteiger partial charge on any atom is 0.148 e. The van der Waals surface area contributed by atoms with Gasteiger partial charge in [-0.2, -0.15) is 0 Å². The van der Waals surface area contributed by atoms with Gasteiger partial charge in [-0.25, -0.2) is 0 Å². The number of hydrogen-bond donors (Lipinski definition) is 4. The van der Waals surface area contributed by atoms with Gasteiger partial charge in [0, 0.05) is 17.1 Å². The minimum absolute atomic E-state index is 0.146. The second kappa shape index (κ2) is 3.23. The summed E-state index contributed by atoms with van der Waals surface area (Å²) in [5.74, 6) is 0.146. The van der Waals surface area contributed by atoms with E-state index in [2.05, 4.69) is 4.98 Å². The Kier molecular flexibility index (Phi) is 2.05. The number of phenolic OH excluding ortho intramolecular Hbond substituents is 1. The molecule has 0 saturated heterocycles. The van der Waals surface area contributed by atoms with Gasteiger partial charge < -0.3 is 21.6 Å². The van der Waals surface area contributed by atoms with Gasteiger partial charge >= 0.3 is 0 Å². The summed E-state index contributed by atoms with van der Waals surface area (Å²) in [6.45, 7) is 0.557. The lowest BCUT2D eigenvalue weighted by Gasteiger charge is -2.02. The zero-order valence-corrected chi connectivity index (χ0v) is 7.75. The van der Waals surface area contributed by atoms with Crippen LogP contribution in [0.25, 0.3) is 10.9 Å². The fourth-order valence-electron chi connectivity index (χ4n) is 1.64. The van der Waals surface area contributed by atoms with Crippen LogP contribution in [0.2, 0.25) is 0 Å². The van der Waals surface area contributed by atoms with Gasteiger partial charge in [0.1, 0.15) is 5.75 Å². The molecular formula is C10H13N3O. The molecule has 0 radical (unpaired) electrons. The third kappa shape index (κ3) is 1.20. The number of benzene rings is 1. The van der Waals surface area contributed by atoms with Crippen molar-refractivity contribution in [2.75, 3.05) is 12.3 Å². The van der Waals surface area contributed by atoms with E-state index in [1.165, 1.54) is 0 Å². The predicted molar refractivity (Wildman–Crippen MR) is 57.1 cm³/mol. The lowest BCUT2D eigenvalue weighted by atomic mass is 10.1. The molecule has 0 spiro atoms. The summed E-state index contributed by atoms with van der Waals surface area (Å²) < 4.78 is 0. The predicted octanol–water partition coefficient (Wildman–Crippen LogP) is 0.957. The van der Waals surface area contributed by atoms with Crippen molar-refractivity contribution in [3.05, 3.63) is 23.9 Å². The van der Waals surface area contributed by atoms with Crippen molar-refractivity contribution in [1.29, 1.82) is 0 Å². The maximum atomic E-state index is 9.77. The van der Waals surface area contributed by atoms with Crippen molar-refractivity contribution in [2.24, 2.45) is 5.73 Å². The van der Waals surface area contributed by atoms with Gasteiger partial charge in [-0.3, -0.25) is 0 Å². The molecule has 0 fully saturated rings. The number of anilines is 1. The van der Waals surface area contributed by atoms with E-state index in [9.17, 15) is 5.11 Å². The Bertz CT molecular complexity index is 462. The molecule has 1 aromatic heterocycles. The molecule has 1 heterocycles. The molecule has 2 rings (SSSR count). The van der Waals surface area contributed by atoms with Crippen LogP contribution in [0.15, 0.2) is 18.3 Å². The van der Waals surface area contributed by atoms with E-state index in [0.29, 0.717) is 12.2 Å². The Balaban J connectivity index is 2.69. The number of fused-ring (bicyclic) bond motifs is 1. The van der Waals surface area contributed by atoms with E-state index in [0.717, 1.165) is 22.9 Å². The molecule has 0 amide bonds. The van der Waals surface area contributed by atoms with Crippen molar-refractivity contribution >= 4 is 16.6 Å². The number of nitrogen functional groups attached to an aromatic ring is 1. The number of aromatic nitrogens is 1. The number of nitrogens with one attached hydrogen (secondary N) is 1. The average molecular weight is 191 g/mol. The SMILES string of the molecule is NCCc1c[nH]c2ccc(N)c(O)c12. The number of aromatic amines is 1. The normalized spacial score (nSPS) is 10.9. The first-order chi connectivity index (χ1) is 6.74. The first-order valence-electron chi connectivity index (χ1n) is 4.51. The Morgan fingerprint density at radius 2 is 2.14 bits per heavy atom. The first-order valence-corrected chi connectivity index (χ1v) is 4.51. The maximum absolute atomic E-state index is 9.77. The van der Waals surface area contributed by atoms with Gasteiger partial charge in [0.2, 0.25) is 0 Å². The largest absolute Gasteiger partial charge is 0.505 e. The highest BCUT2D eigenvalue weighted by Gasteiger charge is 2.09. The topological polar surface area (TPSA) is 88.1 Å². The van der Waals surface area contributed by atoms with Gasteiger partial charge in [-0.15, -0.1) is 0 Å². The summed E-state index contributed by atoms with van der Waals surface area (Å²) >= 11 is 0. The van der Waals surface area contributed by atoms with Crippen LogP contribution < -0.4 is 11.5 Å². The quantitative estimate of drug-likeness (QED) is 0.421. The molecule has 6 N–H and O–H groups in total. The van der Waals surface area contributed by atoms with Crippen LogP contribution in [0.4, 0.5) is 5.69 Å². The van der Waals surface area contributed by atoms with Gasteiger partial charge in [-0.1, -0.05) is 0 Å². The summed E-state index contributed by atoms with van der Waals surface area (Å²) in [6, 6.07) is 3.53. The minimum atomic E-state index is 0.146. The summed E-state index contributed by atoms with van der Waals surface area (Å²) in [6.07, 6.45) is 2.59. The molecule has 74 valence electrons. The van der Waals surface area contributed by atoms with Crippen LogP contribution in [0.1, 0.15) is 5.56 Å². The summed E-state index contributed by atoms with van der Waals surface area (Å²) in [5, 5.41) is 10.6. The molecule has 0 atom stereocenters. The highest BCUT2D eigenvalue weighted by atomic mass is 16.3. The second-order valence-corrected chi connectivity index (χ2v) is 3.28. The molecule has 0 aliphatic rings. The molecule has 4 nitrogen and oxygen atoms in total. The number of rotatable bonds is 2. The molecule has 0 aliphatic carbocycles. The molecular weight excluding hydrogens is 178 g/mol. The van der Waals surface area contributed by atoms with Gasteiger partial charge in [0.05, 0.1) is 5.69 Å². The summed E-state index contributed by atoms with van der Waals surface area (Å²) in [7, 11) is 0. The van der Waals surface area contributed by atoms with Gasteiger partial charge in [0.25, 0.3) is 0 Å². The summed E-state index contributed by atoms with van der Waals surface area (Å²) in [5.41, 5.74) is 13.4. The van der Waals surface area contributed by atoms with Crippen molar-refractivity contribution in [3.63, 3.8) is 0 Å². The van der Waals surface area contributed by atoms with Crippen molar-refractivity contribution in [1.82, 2.24) is 4.98 Å². The molecule has 1 aromatic carbocycles. The van der Waals surface area contributed by atoms with Crippen LogP contribution in [-0.2, 0) is 6.42 Å². The van der Waals surface area contributed by atoms with Crippen molar-refractivity contribution in [3.8, 4) is 5.75 Å². The Hall–Kier alpha value is -1.68. The van der Waals surface area contributed by atoms with Crippen LogP contribution in [0, 0.1) is 0 Å². The average Bonchev–Trinajstić information content (AvgIpc) is 2.57. The Morgan fingerprint density at radius 3 is 2.86 bits per heavy atom. The highest BCUT2D eigenvalue weighted by molar-refractivity contribution is 5.93. The van der Waals surface area contributed by atoms with E-state index in [1.54, 1.807) is 6.07 Å². The molecule has 2 aromatic rings. The number of hydrogen-bond acceptors (Lipinski definition) is 3. The lowest BCUT2D eigenvalue weighted by molar-refractivity contribution is 0.484. The van der Waals surface area contributed by atoms with Gasteiger partial charge in [0.15, 0.2) is 0 Å². The Morgan fingerprint density at radius 1 is 1.36 bits per heavy atom. The zero-order chi connectivity index (χ0) is 10.1. The van der Waals surface area contributed by atoms with E-state index in [4.69, 9.17) is 11.5 Å². The van der Waals surface area contributed by atoms with Crippen LogP contribution >= 0.6 is 0 Å². The van der Waals surface area contributed by atoms with Crippen LogP contribution in [0.3, 0.4) is 0 Å². The number of nitrogens with two attached hydrogens (primary N) is 2. The third-order valence-corrected chi connectivity index (χ3v) is 2.35. The first kappa shape index (κ1) is 8.90. The van der Waals surface area contributed by atoms with Crippen LogP contribution in [0.5, 0.6) is 5.75 Å². The number of H-pyrrole nitrogens is 1. The van der Waals surface area contributed by atoms with E-state index >= 15 is 0 Å². The van der Waals surface area contributed by atoms with E-state index in [1.807, 2.05) is 12.3 Å². The van der Waals surface area contributed by atoms with Crippen molar-refractivity contribution in [2.45, 2.75) is 6.42 Å². The minimum Gasteiger partial charge on any atom is -0.505 e. The molecule has 0 aliphatic heterocycles. The lowest BCUT2D eigenvalue weighted by Crippen LogP contribution is -2.02. The molecule has 0 saturated carbocycles. The molecule has 0 unspecified atom stereocenters. The highest BCUT2D eigenvalue weighted by Crippen LogP contribution is 2.32. The van der Waals surface area contributed by atoms with Crippen molar-refractivity contribution < 1.29 is 5.11 Å².